The van der Waals surface area contributed by atoms with Crippen molar-refractivity contribution < 1.29 is 40.2 Å². The number of hydrogen-bond donors (Lipinski definition) is 2. The number of carbonyl (C=O) groups is 3. The summed E-state index contributed by atoms with van der Waals surface area (Å²) in [6.45, 7) is 3.71. The number of rotatable bonds is 14. The molecule has 1 aromatic heterocycles. The van der Waals surface area contributed by atoms with Crippen LogP contribution in [0.3, 0.4) is 0 Å². The number of nitrogens with one attached hydrogen (secondary N) is 2. The molecule has 2 aliphatic heterocycles. The van der Waals surface area contributed by atoms with Crippen molar-refractivity contribution in [2.45, 2.75) is 83.4 Å². The van der Waals surface area contributed by atoms with Gasteiger partial charge in [0.05, 0.1) is 17.7 Å². The Kier molecular flexibility index (Phi) is 15.6. The standard InChI is InChI=1S/C33H42F3N7O3.O3S/c1-23(44)38-16-17-39-31(46)9-3-6-25-14-19-42(20-15-25)29-21-30(41-32(40-29)33(34,35)36)43-18-4-7-27(43)28(45)8-2-5-24-10-12-26(22-37)13-11-24;1-4(2)3/h10-13,21,25,27H,2-9,14-20H2,1H3,(H,38,44)(H,39,46);/t27-;/m0./s1. The zero-order valence-electron chi connectivity index (χ0n) is 27.9. The van der Waals surface area contributed by atoms with E-state index in [0.29, 0.717) is 89.2 Å². The normalized spacial score (nSPS) is 16.2. The molecule has 2 fully saturated rings. The molecule has 0 unspecified atom stereocenters. The van der Waals surface area contributed by atoms with Crippen molar-refractivity contribution in [2.75, 3.05) is 42.5 Å². The topological polar surface area (TPSA) is 183 Å². The van der Waals surface area contributed by atoms with E-state index in [4.69, 9.17) is 17.9 Å². The number of hydrogen-bond acceptors (Lipinski definition) is 11. The highest BCUT2D eigenvalue weighted by Gasteiger charge is 2.38. The summed E-state index contributed by atoms with van der Waals surface area (Å²) in [5, 5.41) is 14.4. The number of benzene rings is 1. The second-order valence-corrected chi connectivity index (χ2v) is 12.7. The molecule has 2 aliphatic rings. The van der Waals surface area contributed by atoms with Gasteiger partial charge < -0.3 is 20.4 Å². The fourth-order valence-electron chi connectivity index (χ4n) is 6.14. The molecule has 2 N–H and O–H groups in total. The minimum atomic E-state index is -4.73. The van der Waals surface area contributed by atoms with E-state index in [0.717, 1.165) is 24.8 Å². The van der Waals surface area contributed by atoms with E-state index in [9.17, 15) is 27.6 Å². The molecule has 0 bridgehead atoms. The van der Waals surface area contributed by atoms with Gasteiger partial charge in [-0.1, -0.05) is 12.1 Å². The molecule has 2 aromatic rings. The molecule has 50 heavy (non-hydrogen) atoms. The van der Waals surface area contributed by atoms with Crippen LogP contribution < -0.4 is 20.4 Å². The first kappa shape index (κ1) is 39.8. The van der Waals surface area contributed by atoms with E-state index in [1.165, 1.54) is 6.92 Å². The summed E-state index contributed by atoms with van der Waals surface area (Å²) < 4.78 is 67.1. The molecule has 13 nitrogen and oxygen atoms in total. The van der Waals surface area contributed by atoms with Crippen LogP contribution in [-0.2, 0) is 37.6 Å². The van der Waals surface area contributed by atoms with Crippen LogP contribution in [0, 0.1) is 17.2 Å². The number of Topliss-reactive ketones (excluding diaryl/α,β-unsaturated/α-hetero) is 1. The smallest absolute Gasteiger partial charge is 0.356 e. The Morgan fingerprint density at radius 1 is 0.940 bits per heavy atom. The molecule has 0 radical (unpaired) electrons. The molecule has 1 atom stereocenters. The van der Waals surface area contributed by atoms with Gasteiger partial charge in [0.1, 0.15) is 11.6 Å². The first-order chi connectivity index (χ1) is 23.8. The predicted molar refractivity (Wildman–Crippen MR) is 177 cm³/mol. The van der Waals surface area contributed by atoms with Gasteiger partial charge in [-0.05, 0) is 75.0 Å². The molecule has 0 saturated carbocycles. The minimum absolute atomic E-state index is 0.0120. The predicted octanol–water partition coefficient (Wildman–Crippen LogP) is 3.56. The summed E-state index contributed by atoms with van der Waals surface area (Å²) in [7, 11) is -3.11. The first-order valence-corrected chi connectivity index (χ1v) is 17.5. The van der Waals surface area contributed by atoms with E-state index < -0.39 is 28.7 Å². The Balaban J connectivity index is 0.00000160. The van der Waals surface area contributed by atoms with Crippen LogP contribution in [0.15, 0.2) is 30.3 Å². The quantitative estimate of drug-likeness (QED) is 0.272. The van der Waals surface area contributed by atoms with E-state index in [2.05, 4.69) is 26.7 Å². The summed E-state index contributed by atoms with van der Waals surface area (Å²) in [6, 6.07) is 10.4. The number of piperidine rings is 1. The maximum atomic E-state index is 13.9. The Labute approximate surface area is 290 Å². The summed E-state index contributed by atoms with van der Waals surface area (Å²) in [5.41, 5.74) is 1.59. The van der Waals surface area contributed by atoms with Gasteiger partial charge in [-0.3, -0.25) is 14.4 Å². The second-order valence-electron chi connectivity index (χ2n) is 12.2. The van der Waals surface area contributed by atoms with Crippen LogP contribution in [0.4, 0.5) is 24.8 Å². The van der Waals surface area contributed by atoms with Crippen molar-refractivity contribution in [1.29, 1.82) is 5.26 Å². The fraction of sp³-hybridized carbons (Fsp3) is 0.576. The molecule has 0 spiro atoms. The van der Waals surface area contributed by atoms with Gasteiger partial charge in [0.15, 0.2) is 5.78 Å². The molecule has 4 rings (SSSR count). The van der Waals surface area contributed by atoms with Crippen molar-refractivity contribution >= 4 is 39.8 Å². The molecule has 2 amide bonds. The SMILES string of the molecule is CC(=O)NCCNC(=O)CCCC1CCN(c2cc(N3CCC[C@H]3C(=O)CCCc3ccc(C#N)cc3)nc(C(F)(F)F)n2)CC1.O=S(=O)=O. The van der Waals surface area contributed by atoms with Crippen molar-refractivity contribution in [3.05, 3.63) is 47.3 Å². The van der Waals surface area contributed by atoms with E-state index in [1.807, 2.05) is 17.0 Å². The lowest BCUT2D eigenvalue weighted by atomic mass is 9.91. The fourth-order valence-corrected chi connectivity index (χ4v) is 6.14. The molecular weight excluding hydrogens is 679 g/mol. The zero-order valence-corrected chi connectivity index (χ0v) is 28.7. The maximum absolute atomic E-state index is 13.9. The lowest BCUT2D eigenvalue weighted by molar-refractivity contribution is -0.144. The molecule has 0 aliphatic carbocycles. The Morgan fingerprint density at radius 2 is 1.58 bits per heavy atom. The number of alkyl halides is 3. The number of halogens is 3. The number of anilines is 2. The van der Waals surface area contributed by atoms with Gasteiger partial charge in [-0.25, -0.2) is 9.97 Å². The Morgan fingerprint density at radius 3 is 2.20 bits per heavy atom. The number of amides is 2. The Hall–Kier alpha value is -4.59. The van der Waals surface area contributed by atoms with Crippen LogP contribution >= 0.6 is 0 Å². The summed E-state index contributed by atoms with van der Waals surface area (Å²) >= 11 is 0. The number of nitrogens with zero attached hydrogens (tertiary/aromatic N) is 5. The summed E-state index contributed by atoms with van der Waals surface area (Å²) in [6.07, 6.45) is 1.59. The highest BCUT2D eigenvalue weighted by atomic mass is 32.2. The van der Waals surface area contributed by atoms with Gasteiger partial charge in [-0.2, -0.15) is 18.4 Å². The largest absolute Gasteiger partial charge is 0.451 e. The third-order valence-electron chi connectivity index (χ3n) is 8.62. The Bertz CT molecular complexity index is 1600. The number of aromatic nitrogens is 2. The van der Waals surface area contributed by atoms with Crippen LogP contribution in [0.25, 0.3) is 0 Å². The van der Waals surface area contributed by atoms with Gasteiger partial charge in [0.25, 0.3) is 0 Å². The van der Waals surface area contributed by atoms with Crippen molar-refractivity contribution in [3.8, 4) is 6.07 Å². The molecular formula is C33H42F3N7O6S. The summed E-state index contributed by atoms with van der Waals surface area (Å²) in [4.78, 5) is 47.5. The van der Waals surface area contributed by atoms with Crippen molar-refractivity contribution in [3.63, 3.8) is 0 Å². The first-order valence-electron chi connectivity index (χ1n) is 16.5. The lowest BCUT2D eigenvalue weighted by Gasteiger charge is -2.34. The van der Waals surface area contributed by atoms with E-state index in [-0.39, 0.29) is 29.2 Å². The van der Waals surface area contributed by atoms with Crippen molar-refractivity contribution in [1.82, 2.24) is 20.6 Å². The van der Waals surface area contributed by atoms with Crippen LogP contribution in [-0.4, -0.2) is 79.0 Å². The van der Waals surface area contributed by atoms with Crippen molar-refractivity contribution in [2.24, 2.45) is 5.92 Å². The highest BCUT2D eigenvalue weighted by Crippen LogP contribution is 2.34. The second kappa shape index (κ2) is 19.6. The molecule has 3 heterocycles. The molecule has 1 aromatic carbocycles. The molecule has 2 saturated heterocycles. The third kappa shape index (κ3) is 13.4. The zero-order chi connectivity index (χ0) is 36.7. The average Bonchev–Trinajstić information content (AvgIpc) is 3.57. The number of ketones is 1. The van der Waals surface area contributed by atoms with Crippen LogP contribution in [0.2, 0.25) is 0 Å². The van der Waals surface area contributed by atoms with Gasteiger partial charge in [-0.15, -0.1) is 12.6 Å². The van der Waals surface area contributed by atoms with E-state index >= 15 is 0 Å². The lowest BCUT2D eigenvalue weighted by Crippen LogP contribution is -2.38. The number of carbonyl (C=O) groups excluding carboxylic acids is 3. The average molecular weight is 722 g/mol. The van der Waals surface area contributed by atoms with E-state index in [1.54, 1.807) is 23.1 Å². The molecule has 272 valence electrons. The third-order valence-corrected chi connectivity index (χ3v) is 8.62. The van der Waals surface area contributed by atoms with Crippen LogP contribution in [0.5, 0.6) is 0 Å². The highest BCUT2D eigenvalue weighted by molar-refractivity contribution is 7.59. The molecule has 17 heteroatoms. The van der Waals surface area contributed by atoms with Gasteiger partial charge in [0.2, 0.25) is 17.6 Å². The number of nitriles is 1. The van der Waals surface area contributed by atoms with Gasteiger partial charge >= 0.3 is 16.8 Å². The number of aryl methyl sites for hydroxylation is 1. The van der Waals surface area contributed by atoms with Gasteiger partial charge in [0, 0.05) is 58.6 Å². The van der Waals surface area contributed by atoms with Crippen LogP contribution in [0.1, 0.15) is 81.7 Å². The maximum Gasteiger partial charge on any atom is 0.451 e. The minimum Gasteiger partial charge on any atom is -0.356 e. The monoisotopic (exact) mass is 721 g/mol. The summed E-state index contributed by atoms with van der Waals surface area (Å²) in [5.74, 6) is -0.724.